The molecule has 0 bridgehead atoms. The highest BCUT2D eigenvalue weighted by Crippen LogP contribution is 2.23. The molecule has 1 aliphatic rings. The minimum atomic E-state index is -0.464. The van der Waals surface area contributed by atoms with Crippen LogP contribution in [-0.4, -0.2) is 36.5 Å². The fourth-order valence-corrected chi connectivity index (χ4v) is 2.81. The highest BCUT2D eigenvalue weighted by atomic mass is 16.5. The molecule has 0 atom stereocenters. The van der Waals surface area contributed by atoms with E-state index in [1.807, 2.05) is 24.3 Å². The molecule has 1 aliphatic carbocycles. The summed E-state index contributed by atoms with van der Waals surface area (Å²) in [5.41, 5.74) is 12.2. The van der Waals surface area contributed by atoms with Crippen LogP contribution in [0.3, 0.4) is 0 Å². The molecule has 2 rings (SSSR count). The molecule has 116 valence electrons. The van der Waals surface area contributed by atoms with Crippen LogP contribution >= 0.6 is 0 Å². The fraction of sp³-hybridized carbons (Fsp3) is 0.562. The zero-order valence-electron chi connectivity index (χ0n) is 12.6. The molecule has 0 unspecified atom stereocenters. The maximum absolute atomic E-state index is 10.7. The first-order valence-corrected chi connectivity index (χ1v) is 7.50. The first-order chi connectivity index (χ1) is 10.0. The zero-order valence-corrected chi connectivity index (χ0v) is 12.6. The average Bonchev–Trinajstić information content (AvgIpc) is 2.47. The van der Waals surface area contributed by atoms with Crippen molar-refractivity contribution >= 4 is 5.91 Å². The van der Waals surface area contributed by atoms with Gasteiger partial charge in [-0.3, -0.25) is 9.69 Å². The summed E-state index contributed by atoms with van der Waals surface area (Å²) in [6.45, 7) is 0.831. The molecule has 5 heteroatoms. The van der Waals surface area contributed by atoms with Gasteiger partial charge in [-0.2, -0.15) is 0 Å². The van der Waals surface area contributed by atoms with Crippen LogP contribution in [0.1, 0.15) is 31.2 Å². The van der Waals surface area contributed by atoms with E-state index in [1.54, 1.807) is 0 Å². The number of nitrogens with two attached hydrogens (primary N) is 2. The van der Waals surface area contributed by atoms with Crippen molar-refractivity contribution < 1.29 is 9.53 Å². The fourth-order valence-electron chi connectivity index (χ4n) is 2.81. The Morgan fingerprint density at radius 1 is 1.24 bits per heavy atom. The van der Waals surface area contributed by atoms with Crippen LogP contribution in [0.5, 0.6) is 5.75 Å². The third-order valence-electron chi connectivity index (χ3n) is 4.10. The Labute approximate surface area is 126 Å². The van der Waals surface area contributed by atoms with Gasteiger partial charge in [0.2, 0.25) is 0 Å². The Morgan fingerprint density at radius 3 is 2.43 bits per heavy atom. The van der Waals surface area contributed by atoms with Crippen LogP contribution in [0.15, 0.2) is 24.3 Å². The molecule has 1 aromatic rings. The van der Waals surface area contributed by atoms with Gasteiger partial charge < -0.3 is 16.2 Å². The Kier molecular flexibility index (Phi) is 5.59. The second kappa shape index (κ2) is 7.43. The normalized spacial score (nSPS) is 22.2. The van der Waals surface area contributed by atoms with E-state index < -0.39 is 5.91 Å². The predicted molar refractivity (Wildman–Crippen MR) is 82.8 cm³/mol. The van der Waals surface area contributed by atoms with Gasteiger partial charge in [0.25, 0.3) is 5.91 Å². The molecular formula is C16H25N3O2. The molecule has 21 heavy (non-hydrogen) atoms. The molecule has 0 saturated heterocycles. The van der Waals surface area contributed by atoms with Gasteiger partial charge in [0.15, 0.2) is 6.61 Å². The number of amides is 1. The summed E-state index contributed by atoms with van der Waals surface area (Å²) in [5.74, 6) is 0.207. The van der Waals surface area contributed by atoms with Crippen LogP contribution in [-0.2, 0) is 11.3 Å². The molecule has 5 nitrogen and oxygen atoms in total. The summed E-state index contributed by atoms with van der Waals surface area (Å²) < 4.78 is 5.25. The lowest BCUT2D eigenvalue weighted by atomic mass is 9.91. The van der Waals surface area contributed by atoms with Crippen molar-refractivity contribution in [1.82, 2.24) is 4.90 Å². The minimum absolute atomic E-state index is 0.0818. The molecule has 0 heterocycles. The molecule has 1 saturated carbocycles. The average molecular weight is 291 g/mol. The van der Waals surface area contributed by atoms with Crippen molar-refractivity contribution in [3.8, 4) is 5.75 Å². The molecule has 0 spiro atoms. The van der Waals surface area contributed by atoms with Crippen molar-refractivity contribution in [3.05, 3.63) is 29.8 Å². The predicted octanol–water partition coefficient (Wildman–Crippen LogP) is 1.25. The largest absolute Gasteiger partial charge is 0.484 e. The van der Waals surface area contributed by atoms with E-state index in [1.165, 1.54) is 18.4 Å². The second-order valence-corrected chi connectivity index (χ2v) is 5.88. The first-order valence-electron chi connectivity index (χ1n) is 7.50. The van der Waals surface area contributed by atoms with Crippen LogP contribution in [0.25, 0.3) is 0 Å². The lowest BCUT2D eigenvalue weighted by Gasteiger charge is -2.33. The molecule has 4 N–H and O–H groups in total. The summed E-state index contributed by atoms with van der Waals surface area (Å²) in [7, 11) is 2.17. The van der Waals surface area contributed by atoms with Crippen molar-refractivity contribution in [2.75, 3.05) is 13.7 Å². The quantitative estimate of drug-likeness (QED) is 0.826. The number of primary amides is 1. The van der Waals surface area contributed by atoms with Gasteiger partial charge >= 0.3 is 0 Å². The summed E-state index contributed by atoms with van der Waals surface area (Å²) in [4.78, 5) is 13.1. The monoisotopic (exact) mass is 291 g/mol. The van der Waals surface area contributed by atoms with E-state index in [4.69, 9.17) is 16.2 Å². The van der Waals surface area contributed by atoms with Gasteiger partial charge in [-0.05, 0) is 50.4 Å². The van der Waals surface area contributed by atoms with E-state index in [2.05, 4.69) is 11.9 Å². The maximum atomic E-state index is 10.7. The summed E-state index contributed by atoms with van der Waals surface area (Å²) in [6, 6.07) is 8.82. The Bertz CT molecular complexity index is 453. The topological polar surface area (TPSA) is 81.6 Å². The van der Waals surface area contributed by atoms with Gasteiger partial charge in [-0.1, -0.05) is 12.1 Å². The van der Waals surface area contributed by atoms with Gasteiger partial charge in [0.1, 0.15) is 5.75 Å². The highest BCUT2D eigenvalue weighted by Gasteiger charge is 2.21. The number of ether oxygens (including phenoxy) is 1. The minimum Gasteiger partial charge on any atom is -0.484 e. The SMILES string of the molecule is CN(Cc1ccc(OCC(N)=O)cc1)C1CCC(N)CC1. The van der Waals surface area contributed by atoms with E-state index >= 15 is 0 Å². The van der Waals surface area contributed by atoms with Gasteiger partial charge in [-0.15, -0.1) is 0 Å². The van der Waals surface area contributed by atoms with Gasteiger partial charge in [0.05, 0.1) is 0 Å². The van der Waals surface area contributed by atoms with Gasteiger partial charge in [-0.25, -0.2) is 0 Å². The number of carbonyl (C=O) groups excluding carboxylic acids is 1. The van der Waals surface area contributed by atoms with E-state index in [9.17, 15) is 4.79 Å². The molecule has 1 fully saturated rings. The molecular weight excluding hydrogens is 266 g/mol. The van der Waals surface area contributed by atoms with Crippen LogP contribution in [0.4, 0.5) is 0 Å². The molecule has 0 radical (unpaired) electrons. The van der Waals surface area contributed by atoms with E-state index in [-0.39, 0.29) is 6.61 Å². The summed E-state index contributed by atoms with van der Waals surface area (Å²) >= 11 is 0. The third kappa shape index (κ3) is 5.02. The van der Waals surface area contributed by atoms with Crippen LogP contribution in [0.2, 0.25) is 0 Å². The van der Waals surface area contributed by atoms with Gasteiger partial charge in [0, 0.05) is 18.6 Å². The lowest BCUT2D eigenvalue weighted by molar-refractivity contribution is -0.119. The Hall–Kier alpha value is -1.59. The number of nitrogens with zero attached hydrogens (tertiary/aromatic N) is 1. The number of carbonyl (C=O) groups is 1. The summed E-state index contributed by atoms with van der Waals surface area (Å²) in [5, 5.41) is 0. The second-order valence-electron chi connectivity index (χ2n) is 5.88. The zero-order chi connectivity index (χ0) is 15.2. The van der Waals surface area contributed by atoms with Crippen molar-refractivity contribution in [2.45, 2.75) is 44.3 Å². The highest BCUT2D eigenvalue weighted by molar-refractivity contribution is 5.75. The molecule has 0 aromatic heterocycles. The molecule has 1 aromatic carbocycles. The van der Waals surface area contributed by atoms with Crippen molar-refractivity contribution in [3.63, 3.8) is 0 Å². The number of hydrogen-bond acceptors (Lipinski definition) is 4. The number of benzene rings is 1. The summed E-state index contributed by atoms with van der Waals surface area (Å²) in [6.07, 6.45) is 4.60. The van der Waals surface area contributed by atoms with Crippen molar-refractivity contribution in [1.29, 1.82) is 0 Å². The standard InChI is InChI=1S/C16H25N3O2/c1-19(14-6-4-13(17)5-7-14)10-12-2-8-15(9-3-12)21-11-16(18)20/h2-3,8-9,13-14H,4-7,10-11,17H2,1H3,(H2,18,20). The van der Waals surface area contributed by atoms with Crippen LogP contribution in [0, 0.1) is 0 Å². The Balaban J connectivity index is 1.83. The van der Waals surface area contributed by atoms with E-state index in [0.29, 0.717) is 17.8 Å². The smallest absolute Gasteiger partial charge is 0.255 e. The van der Waals surface area contributed by atoms with E-state index in [0.717, 1.165) is 19.4 Å². The molecule has 1 amide bonds. The number of hydrogen-bond donors (Lipinski definition) is 2. The van der Waals surface area contributed by atoms with Crippen molar-refractivity contribution in [2.24, 2.45) is 11.5 Å². The maximum Gasteiger partial charge on any atom is 0.255 e. The third-order valence-corrected chi connectivity index (χ3v) is 4.10. The lowest BCUT2D eigenvalue weighted by Crippen LogP contribution is -2.38. The molecule has 0 aliphatic heterocycles. The Morgan fingerprint density at radius 2 is 1.86 bits per heavy atom. The first kappa shape index (κ1) is 15.8. The number of rotatable bonds is 6. The van der Waals surface area contributed by atoms with Crippen LogP contribution < -0.4 is 16.2 Å².